The molecule has 0 heterocycles. The summed E-state index contributed by atoms with van der Waals surface area (Å²) in [5.41, 5.74) is 17.7. The minimum Gasteiger partial charge on any atom is -0.355 e. The van der Waals surface area contributed by atoms with Gasteiger partial charge in [0.15, 0.2) is 0 Å². The van der Waals surface area contributed by atoms with Crippen LogP contribution in [0.15, 0.2) is 188 Å². The van der Waals surface area contributed by atoms with Crippen LogP contribution in [0.4, 0.5) is 22.7 Å². The summed E-state index contributed by atoms with van der Waals surface area (Å²) in [5, 5.41) is 15.1. The van der Waals surface area contributed by atoms with Gasteiger partial charge in [-0.3, -0.25) is 0 Å². The molecule has 276 valence electrons. The molecule has 0 bridgehead atoms. The maximum atomic E-state index is 3.98. The molecule has 0 saturated carbocycles. The summed E-state index contributed by atoms with van der Waals surface area (Å²) in [4.78, 5) is 0. The lowest BCUT2D eigenvalue weighted by Gasteiger charge is -2.34. The molecule has 2 N–H and O–H groups in total. The lowest BCUT2D eigenvalue weighted by Crippen LogP contribution is -2.28. The van der Waals surface area contributed by atoms with Crippen molar-refractivity contribution in [2.24, 2.45) is 0 Å². The molecule has 10 aromatic rings. The SMILES string of the molecule is Cc1ccc(C2(c3cccc(-c4cc5ccc6c(Nc7cccc(C)c7)ccc7ccc(c4Nc4cccc(C)c4)c5c76)c3)c3ccccc3-c3ccccc32)cc1. The Morgan fingerprint density at radius 3 is 1.69 bits per heavy atom. The van der Waals surface area contributed by atoms with Crippen LogP contribution >= 0.6 is 0 Å². The van der Waals surface area contributed by atoms with Crippen LogP contribution in [-0.2, 0) is 5.41 Å². The molecule has 0 atom stereocenters. The maximum absolute atomic E-state index is 3.98. The molecular weight excluding hydrogens is 701 g/mol. The Bertz CT molecular complexity index is 3160. The summed E-state index contributed by atoms with van der Waals surface area (Å²) in [6.45, 7) is 6.47. The van der Waals surface area contributed by atoms with Crippen LogP contribution in [0.1, 0.15) is 38.9 Å². The average Bonchev–Trinajstić information content (AvgIpc) is 3.55. The Labute approximate surface area is 339 Å². The standard InChI is InChI=1S/C56H42N2/c1-35-21-26-41(27-22-35)56(50-19-6-4-17-45(50)46-18-5-7-20-51(46)56)42-14-10-13-39(33-42)49-34-40-24-28-47-52(57-43-15-8-11-36(2)31-43)30-25-38-23-29-48(54(40)53(38)47)55(49)58-44-16-9-12-37(3)32-44/h4-34,57-58H,1-3H3. The third kappa shape index (κ3) is 5.26. The molecule has 0 amide bonds. The van der Waals surface area contributed by atoms with Crippen molar-refractivity contribution in [2.75, 3.05) is 10.6 Å². The number of hydrogen-bond donors (Lipinski definition) is 2. The predicted molar refractivity (Wildman–Crippen MR) is 247 cm³/mol. The molecule has 0 aromatic heterocycles. The number of rotatable bonds is 7. The fourth-order valence-corrected chi connectivity index (χ4v) is 9.84. The fourth-order valence-electron chi connectivity index (χ4n) is 9.84. The van der Waals surface area contributed by atoms with Gasteiger partial charge in [-0.25, -0.2) is 0 Å². The fraction of sp³-hybridized carbons (Fsp3) is 0.0714. The summed E-state index contributed by atoms with van der Waals surface area (Å²) in [6, 6.07) is 69.9. The lowest BCUT2D eigenvalue weighted by molar-refractivity contribution is 0.768. The Balaban J connectivity index is 1.17. The van der Waals surface area contributed by atoms with E-state index in [-0.39, 0.29) is 0 Å². The maximum Gasteiger partial charge on any atom is 0.0713 e. The molecule has 1 aliphatic rings. The van der Waals surface area contributed by atoms with Crippen LogP contribution in [0.25, 0.3) is 54.6 Å². The Morgan fingerprint density at radius 2 is 0.983 bits per heavy atom. The van der Waals surface area contributed by atoms with Gasteiger partial charge in [0, 0.05) is 33.4 Å². The van der Waals surface area contributed by atoms with Gasteiger partial charge in [0.25, 0.3) is 0 Å². The van der Waals surface area contributed by atoms with Gasteiger partial charge in [0.1, 0.15) is 0 Å². The second-order valence-corrected chi connectivity index (χ2v) is 16.1. The number of nitrogens with one attached hydrogen (secondary N) is 2. The van der Waals surface area contributed by atoms with Gasteiger partial charge in [-0.05, 0) is 135 Å². The van der Waals surface area contributed by atoms with Gasteiger partial charge < -0.3 is 10.6 Å². The van der Waals surface area contributed by atoms with E-state index in [1.807, 2.05) is 0 Å². The number of aryl methyl sites for hydroxylation is 3. The van der Waals surface area contributed by atoms with Gasteiger partial charge in [0.05, 0.1) is 11.1 Å². The molecule has 11 rings (SSSR count). The quantitative estimate of drug-likeness (QED) is 0.159. The Kier molecular flexibility index (Phi) is 7.78. The lowest BCUT2D eigenvalue weighted by atomic mass is 9.67. The van der Waals surface area contributed by atoms with Crippen molar-refractivity contribution in [1.29, 1.82) is 0 Å². The molecule has 0 saturated heterocycles. The molecule has 58 heavy (non-hydrogen) atoms. The molecule has 1 aliphatic carbocycles. The molecule has 2 nitrogen and oxygen atoms in total. The molecule has 0 spiro atoms. The van der Waals surface area contributed by atoms with Gasteiger partial charge in [0.2, 0.25) is 0 Å². The Morgan fingerprint density at radius 1 is 0.379 bits per heavy atom. The second-order valence-electron chi connectivity index (χ2n) is 16.1. The molecular formula is C56H42N2. The molecule has 0 fully saturated rings. The van der Waals surface area contributed by atoms with Gasteiger partial charge >= 0.3 is 0 Å². The first-order valence-electron chi connectivity index (χ1n) is 20.2. The van der Waals surface area contributed by atoms with Crippen LogP contribution in [0.3, 0.4) is 0 Å². The minimum absolute atomic E-state index is 0.488. The van der Waals surface area contributed by atoms with Crippen molar-refractivity contribution in [3.05, 3.63) is 227 Å². The minimum atomic E-state index is -0.488. The van der Waals surface area contributed by atoms with E-state index in [1.165, 1.54) is 93.5 Å². The summed E-state index contributed by atoms with van der Waals surface area (Å²) >= 11 is 0. The van der Waals surface area contributed by atoms with Crippen molar-refractivity contribution >= 4 is 55.1 Å². The van der Waals surface area contributed by atoms with E-state index in [2.05, 4.69) is 219 Å². The summed E-state index contributed by atoms with van der Waals surface area (Å²) in [5.74, 6) is 0. The van der Waals surface area contributed by atoms with Crippen LogP contribution in [-0.4, -0.2) is 0 Å². The smallest absolute Gasteiger partial charge is 0.0713 e. The van der Waals surface area contributed by atoms with Crippen molar-refractivity contribution in [1.82, 2.24) is 0 Å². The summed E-state index contributed by atoms with van der Waals surface area (Å²) in [7, 11) is 0. The van der Waals surface area contributed by atoms with Gasteiger partial charge in [-0.2, -0.15) is 0 Å². The van der Waals surface area contributed by atoms with Crippen LogP contribution < -0.4 is 10.6 Å². The van der Waals surface area contributed by atoms with E-state index in [4.69, 9.17) is 0 Å². The molecule has 10 aromatic carbocycles. The highest BCUT2D eigenvalue weighted by molar-refractivity contribution is 6.29. The highest BCUT2D eigenvalue weighted by atomic mass is 14.9. The second kappa shape index (κ2) is 13.2. The summed E-state index contributed by atoms with van der Waals surface area (Å²) < 4.78 is 0. The van der Waals surface area contributed by atoms with E-state index < -0.39 is 5.41 Å². The van der Waals surface area contributed by atoms with E-state index in [1.54, 1.807) is 0 Å². The van der Waals surface area contributed by atoms with E-state index in [9.17, 15) is 0 Å². The normalized spacial score (nSPS) is 12.9. The third-order valence-corrected chi connectivity index (χ3v) is 12.4. The van der Waals surface area contributed by atoms with Crippen LogP contribution in [0.2, 0.25) is 0 Å². The highest BCUT2D eigenvalue weighted by Gasteiger charge is 2.46. The zero-order valence-electron chi connectivity index (χ0n) is 32.9. The zero-order chi connectivity index (χ0) is 39.0. The number of anilines is 4. The van der Waals surface area contributed by atoms with Gasteiger partial charge in [-0.1, -0.05) is 151 Å². The molecule has 2 heteroatoms. The van der Waals surface area contributed by atoms with E-state index >= 15 is 0 Å². The van der Waals surface area contributed by atoms with Crippen LogP contribution in [0.5, 0.6) is 0 Å². The topological polar surface area (TPSA) is 24.1 Å². The van der Waals surface area contributed by atoms with Crippen molar-refractivity contribution < 1.29 is 0 Å². The molecule has 0 radical (unpaired) electrons. The zero-order valence-corrected chi connectivity index (χ0v) is 32.9. The number of hydrogen-bond acceptors (Lipinski definition) is 2. The summed E-state index contributed by atoms with van der Waals surface area (Å²) in [6.07, 6.45) is 0. The number of fused-ring (bicyclic) bond motifs is 3. The first-order valence-corrected chi connectivity index (χ1v) is 20.2. The van der Waals surface area contributed by atoms with Crippen molar-refractivity contribution in [3.63, 3.8) is 0 Å². The largest absolute Gasteiger partial charge is 0.355 e. The van der Waals surface area contributed by atoms with Crippen LogP contribution in [0, 0.1) is 20.8 Å². The average molecular weight is 743 g/mol. The van der Waals surface area contributed by atoms with Crippen molar-refractivity contribution in [3.8, 4) is 22.3 Å². The highest BCUT2D eigenvalue weighted by Crippen LogP contribution is 2.57. The third-order valence-electron chi connectivity index (χ3n) is 12.4. The monoisotopic (exact) mass is 742 g/mol. The first kappa shape index (κ1) is 34.1. The van der Waals surface area contributed by atoms with E-state index in [0.717, 1.165) is 22.7 Å². The molecule has 0 unspecified atom stereocenters. The van der Waals surface area contributed by atoms with E-state index in [0.29, 0.717) is 0 Å². The predicted octanol–water partition coefficient (Wildman–Crippen LogP) is 15.0. The number of benzene rings is 10. The van der Waals surface area contributed by atoms with Crippen molar-refractivity contribution in [2.45, 2.75) is 26.2 Å². The van der Waals surface area contributed by atoms with Gasteiger partial charge in [-0.15, -0.1) is 0 Å². The Hall–Kier alpha value is -7.16. The first-order chi connectivity index (χ1) is 28.5. The molecule has 0 aliphatic heterocycles.